The monoisotopic (exact) mass is 382 g/mol. The van der Waals surface area contributed by atoms with Crippen LogP contribution in [-0.4, -0.2) is 21.0 Å². The summed E-state index contributed by atoms with van der Waals surface area (Å²) in [4.78, 5) is 0.262. The molecule has 22 heavy (non-hydrogen) atoms. The van der Waals surface area contributed by atoms with E-state index in [4.69, 9.17) is 5.73 Å². The van der Waals surface area contributed by atoms with Gasteiger partial charge in [0.05, 0.1) is 4.90 Å². The molecule has 2 aromatic rings. The quantitative estimate of drug-likeness (QED) is 0.805. The van der Waals surface area contributed by atoms with Gasteiger partial charge in [0.15, 0.2) is 0 Å². The molecule has 118 valence electrons. The molecule has 2 aromatic carbocycles. The van der Waals surface area contributed by atoms with Crippen LogP contribution in [0.4, 0.5) is 0 Å². The Kier molecular flexibility index (Phi) is 5.74. The summed E-state index contributed by atoms with van der Waals surface area (Å²) >= 11 is 3.39. The first kappa shape index (κ1) is 17.1. The van der Waals surface area contributed by atoms with Crippen molar-refractivity contribution in [2.75, 3.05) is 6.54 Å². The van der Waals surface area contributed by atoms with Crippen molar-refractivity contribution in [3.05, 3.63) is 53.0 Å². The zero-order chi connectivity index (χ0) is 16.2. The molecular formula is C16H19BrN2O2S. The highest BCUT2D eigenvalue weighted by molar-refractivity contribution is 9.10. The van der Waals surface area contributed by atoms with Gasteiger partial charge in [-0.05, 0) is 48.7 Å². The minimum atomic E-state index is -3.47. The molecule has 0 spiro atoms. The van der Waals surface area contributed by atoms with Crippen LogP contribution < -0.4 is 10.5 Å². The summed E-state index contributed by atoms with van der Waals surface area (Å²) < 4.78 is 27.9. The summed E-state index contributed by atoms with van der Waals surface area (Å²) in [5.74, 6) is 0. The van der Waals surface area contributed by atoms with Gasteiger partial charge in [-0.2, -0.15) is 0 Å². The Morgan fingerprint density at radius 1 is 1.05 bits per heavy atom. The number of nitrogens with one attached hydrogen (secondary N) is 1. The highest BCUT2D eigenvalue weighted by Crippen LogP contribution is 2.23. The van der Waals surface area contributed by atoms with Crippen LogP contribution in [0.25, 0.3) is 11.1 Å². The summed E-state index contributed by atoms with van der Waals surface area (Å²) in [6.07, 6.45) is 0.607. The van der Waals surface area contributed by atoms with Crippen molar-refractivity contribution >= 4 is 26.0 Å². The van der Waals surface area contributed by atoms with Gasteiger partial charge in [0.2, 0.25) is 10.0 Å². The number of hydrogen-bond donors (Lipinski definition) is 2. The molecule has 2 rings (SSSR count). The average Bonchev–Trinajstić information content (AvgIpc) is 2.47. The molecule has 0 saturated carbocycles. The van der Waals surface area contributed by atoms with Gasteiger partial charge in [0.1, 0.15) is 0 Å². The van der Waals surface area contributed by atoms with Crippen LogP contribution in [0.1, 0.15) is 13.3 Å². The Bertz CT molecular complexity index is 711. The third kappa shape index (κ3) is 4.64. The third-order valence-corrected chi connectivity index (χ3v) is 5.24. The topological polar surface area (TPSA) is 72.2 Å². The fraction of sp³-hybridized carbons (Fsp3) is 0.250. The van der Waals surface area contributed by atoms with E-state index in [-0.39, 0.29) is 10.9 Å². The lowest BCUT2D eigenvalue weighted by molar-refractivity contribution is 0.572. The smallest absolute Gasteiger partial charge is 0.240 e. The van der Waals surface area contributed by atoms with Crippen LogP contribution in [0.3, 0.4) is 0 Å². The fourth-order valence-corrected chi connectivity index (χ4v) is 3.29. The molecule has 1 atom stereocenters. The summed E-state index contributed by atoms with van der Waals surface area (Å²) in [6, 6.07) is 14.7. The maximum absolute atomic E-state index is 12.1. The molecule has 4 nitrogen and oxygen atoms in total. The molecule has 3 N–H and O–H groups in total. The van der Waals surface area contributed by atoms with Gasteiger partial charge in [0.25, 0.3) is 0 Å². The van der Waals surface area contributed by atoms with Crippen molar-refractivity contribution in [2.45, 2.75) is 24.3 Å². The Morgan fingerprint density at radius 3 is 2.05 bits per heavy atom. The van der Waals surface area contributed by atoms with Crippen LogP contribution in [0.5, 0.6) is 0 Å². The predicted octanol–water partition coefficient (Wildman–Crippen LogP) is 3.13. The lowest BCUT2D eigenvalue weighted by Gasteiger charge is -2.09. The molecule has 0 aromatic heterocycles. The second-order valence-electron chi connectivity index (χ2n) is 5.20. The normalized spacial score (nSPS) is 13.0. The highest BCUT2D eigenvalue weighted by Gasteiger charge is 2.13. The van der Waals surface area contributed by atoms with Gasteiger partial charge < -0.3 is 5.73 Å². The first-order valence-corrected chi connectivity index (χ1v) is 9.27. The highest BCUT2D eigenvalue weighted by atomic mass is 79.9. The van der Waals surface area contributed by atoms with E-state index < -0.39 is 10.0 Å². The number of halogens is 1. The second-order valence-corrected chi connectivity index (χ2v) is 7.88. The van der Waals surface area contributed by atoms with Crippen LogP contribution >= 0.6 is 15.9 Å². The van der Waals surface area contributed by atoms with Crippen LogP contribution in [-0.2, 0) is 10.0 Å². The van der Waals surface area contributed by atoms with Crippen molar-refractivity contribution < 1.29 is 8.42 Å². The Labute approximate surface area is 139 Å². The van der Waals surface area contributed by atoms with Crippen LogP contribution in [0.15, 0.2) is 57.9 Å². The van der Waals surface area contributed by atoms with Crippen LogP contribution in [0.2, 0.25) is 0 Å². The molecule has 0 radical (unpaired) electrons. The van der Waals surface area contributed by atoms with Gasteiger partial charge in [-0.1, -0.05) is 40.2 Å². The van der Waals surface area contributed by atoms with E-state index in [1.54, 1.807) is 12.1 Å². The number of nitrogens with two attached hydrogens (primary N) is 1. The number of hydrogen-bond acceptors (Lipinski definition) is 3. The summed E-state index contributed by atoms with van der Waals surface area (Å²) in [5, 5.41) is 0. The minimum Gasteiger partial charge on any atom is -0.328 e. The number of benzene rings is 2. The minimum absolute atomic E-state index is 0.0255. The first-order valence-electron chi connectivity index (χ1n) is 7.00. The molecule has 1 unspecified atom stereocenters. The maximum atomic E-state index is 12.1. The Balaban J connectivity index is 2.12. The van der Waals surface area contributed by atoms with E-state index in [1.165, 1.54) is 0 Å². The van der Waals surface area contributed by atoms with Gasteiger partial charge in [-0.3, -0.25) is 0 Å². The van der Waals surface area contributed by atoms with Gasteiger partial charge in [0, 0.05) is 17.1 Å². The summed E-state index contributed by atoms with van der Waals surface area (Å²) in [5.41, 5.74) is 7.63. The lowest BCUT2D eigenvalue weighted by Crippen LogP contribution is -2.29. The molecule has 6 heteroatoms. The van der Waals surface area contributed by atoms with E-state index in [2.05, 4.69) is 20.7 Å². The van der Waals surface area contributed by atoms with E-state index in [9.17, 15) is 8.42 Å². The lowest BCUT2D eigenvalue weighted by atomic mass is 10.1. The van der Waals surface area contributed by atoms with Gasteiger partial charge >= 0.3 is 0 Å². The molecule has 0 fully saturated rings. The predicted molar refractivity (Wildman–Crippen MR) is 93.0 cm³/mol. The second kappa shape index (κ2) is 7.37. The van der Waals surface area contributed by atoms with Crippen molar-refractivity contribution in [1.29, 1.82) is 0 Å². The molecule has 0 aliphatic rings. The summed E-state index contributed by atoms with van der Waals surface area (Å²) in [7, 11) is -3.47. The zero-order valence-corrected chi connectivity index (χ0v) is 14.7. The first-order chi connectivity index (χ1) is 10.4. The Morgan fingerprint density at radius 2 is 1.55 bits per heavy atom. The number of sulfonamides is 1. The van der Waals surface area contributed by atoms with E-state index >= 15 is 0 Å². The third-order valence-electron chi connectivity index (χ3n) is 3.23. The molecule has 0 amide bonds. The number of rotatable bonds is 6. The van der Waals surface area contributed by atoms with Crippen molar-refractivity contribution in [2.24, 2.45) is 5.73 Å². The fourth-order valence-electron chi connectivity index (χ4n) is 1.97. The molecule has 0 heterocycles. The van der Waals surface area contributed by atoms with Gasteiger partial charge in [-0.25, -0.2) is 13.1 Å². The SMILES string of the molecule is CC(N)CCNS(=O)(=O)c1ccc(-c2ccc(Br)cc2)cc1. The Hall–Kier alpha value is -1.21. The maximum Gasteiger partial charge on any atom is 0.240 e. The van der Waals surface area contributed by atoms with Crippen molar-refractivity contribution in [3.8, 4) is 11.1 Å². The standard InChI is InChI=1S/C16H19BrN2O2S/c1-12(18)10-11-19-22(20,21)16-8-4-14(5-9-16)13-2-6-15(17)7-3-13/h2-9,12,19H,10-11,18H2,1H3. The van der Waals surface area contributed by atoms with Crippen molar-refractivity contribution in [1.82, 2.24) is 4.72 Å². The van der Waals surface area contributed by atoms with Crippen LogP contribution in [0, 0.1) is 0 Å². The molecule has 0 bridgehead atoms. The average molecular weight is 383 g/mol. The van der Waals surface area contributed by atoms with Gasteiger partial charge in [-0.15, -0.1) is 0 Å². The molecule has 0 aliphatic carbocycles. The molecule has 0 saturated heterocycles. The molecular weight excluding hydrogens is 364 g/mol. The molecule has 0 aliphatic heterocycles. The van der Waals surface area contributed by atoms with E-state index in [1.807, 2.05) is 43.3 Å². The van der Waals surface area contributed by atoms with E-state index in [0.29, 0.717) is 13.0 Å². The summed E-state index contributed by atoms with van der Waals surface area (Å²) in [6.45, 7) is 2.19. The zero-order valence-electron chi connectivity index (χ0n) is 12.3. The van der Waals surface area contributed by atoms with Crippen molar-refractivity contribution in [3.63, 3.8) is 0 Å². The van der Waals surface area contributed by atoms with E-state index in [0.717, 1.165) is 15.6 Å². The largest absolute Gasteiger partial charge is 0.328 e.